The Kier molecular flexibility index (Phi) is 8.76. The first-order valence-corrected chi connectivity index (χ1v) is 10.6. The number of likely N-dealkylation sites (tertiary alicyclic amines) is 1. The maximum atomic E-state index is 13.9. The van der Waals surface area contributed by atoms with Gasteiger partial charge in [0.15, 0.2) is 0 Å². The summed E-state index contributed by atoms with van der Waals surface area (Å²) in [7, 11) is 0. The second-order valence-corrected chi connectivity index (χ2v) is 8.14. The summed E-state index contributed by atoms with van der Waals surface area (Å²) < 4.78 is 32.9. The summed E-state index contributed by atoms with van der Waals surface area (Å²) in [6.45, 7) is 8.41. The summed E-state index contributed by atoms with van der Waals surface area (Å²) >= 11 is 0. The number of piperidine rings is 1. The fourth-order valence-corrected chi connectivity index (χ4v) is 3.69. The van der Waals surface area contributed by atoms with Crippen LogP contribution in [-0.4, -0.2) is 54.6 Å². The maximum Gasteiger partial charge on any atom is 0.409 e. The number of carbonyl (C=O) groups excluding carboxylic acids is 3. The Labute approximate surface area is 181 Å². The predicted molar refractivity (Wildman–Crippen MR) is 111 cm³/mol. The Hall–Kier alpha value is -2.71. The monoisotopic (exact) mass is 439 g/mol. The molecule has 2 rings (SSSR count). The summed E-state index contributed by atoms with van der Waals surface area (Å²) in [6.07, 6.45) is 1.25. The number of benzene rings is 1. The van der Waals surface area contributed by atoms with Gasteiger partial charge in [0, 0.05) is 19.1 Å². The van der Waals surface area contributed by atoms with E-state index in [1.54, 1.807) is 25.7 Å². The van der Waals surface area contributed by atoms with Gasteiger partial charge in [-0.3, -0.25) is 9.59 Å². The van der Waals surface area contributed by atoms with Gasteiger partial charge in [-0.1, -0.05) is 19.9 Å². The van der Waals surface area contributed by atoms with E-state index in [0.29, 0.717) is 19.7 Å². The second-order valence-electron chi connectivity index (χ2n) is 8.14. The van der Waals surface area contributed by atoms with Crippen LogP contribution < -0.4 is 10.6 Å². The van der Waals surface area contributed by atoms with E-state index in [2.05, 4.69) is 10.6 Å². The number of halogens is 2. The molecular weight excluding hydrogens is 408 g/mol. The van der Waals surface area contributed by atoms with Gasteiger partial charge in [-0.2, -0.15) is 0 Å². The van der Waals surface area contributed by atoms with Gasteiger partial charge in [0.25, 0.3) is 5.91 Å². The predicted octanol–water partition coefficient (Wildman–Crippen LogP) is 3.09. The summed E-state index contributed by atoms with van der Waals surface area (Å²) in [6, 6.07) is 1.90. The quantitative estimate of drug-likeness (QED) is 0.684. The molecule has 1 aliphatic rings. The molecule has 0 aliphatic carbocycles. The van der Waals surface area contributed by atoms with Crippen molar-refractivity contribution in [2.75, 3.05) is 19.7 Å². The molecule has 3 amide bonds. The minimum absolute atomic E-state index is 0.0228. The zero-order valence-corrected chi connectivity index (χ0v) is 18.4. The van der Waals surface area contributed by atoms with E-state index >= 15 is 0 Å². The third-order valence-electron chi connectivity index (χ3n) is 5.49. The molecule has 172 valence electrons. The lowest BCUT2D eigenvalue weighted by molar-refractivity contribution is -0.125. The Bertz CT molecular complexity index is 783. The lowest BCUT2D eigenvalue weighted by Crippen LogP contribution is -2.54. The van der Waals surface area contributed by atoms with Crippen LogP contribution in [0.25, 0.3) is 0 Å². The lowest BCUT2D eigenvalue weighted by Gasteiger charge is -2.36. The average molecular weight is 440 g/mol. The van der Waals surface area contributed by atoms with Gasteiger partial charge in [-0.05, 0) is 50.7 Å². The van der Waals surface area contributed by atoms with E-state index in [1.165, 1.54) is 6.07 Å². The largest absolute Gasteiger partial charge is 0.450 e. The molecular formula is C22H31F2N3O4. The molecule has 9 heteroatoms. The van der Waals surface area contributed by atoms with Gasteiger partial charge in [-0.25, -0.2) is 13.6 Å². The number of amides is 3. The molecule has 0 aromatic heterocycles. The van der Waals surface area contributed by atoms with Crippen molar-refractivity contribution in [3.05, 3.63) is 35.4 Å². The highest BCUT2D eigenvalue weighted by Gasteiger charge is 2.32. The summed E-state index contributed by atoms with van der Waals surface area (Å²) in [5.74, 6) is -3.70. The molecule has 3 atom stereocenters. The minimum Gasteiger partial charge on any atom is -0.450 e. The number of carbonyl (C=O) groups is 3. The van der Waals surface area contributed by atoms with Crippen LogP contribution in [-0.2, 0) is 9.53 Å². The van der Waals surface area contributed by atoms with E-state index in [4.69, 9.17) is 4.74 Å². The number of rotatable bonds is 7. The number of ether oxygens (including phenoxy) is 1. The molecule has 1 saturated heterocycles. The van der Waals surface area contributed by atoms with Gasteiger partial charge in [0.05, 0.1) is 6.61 Å². The van der Waals surface area contributed by atoms with Crippen LogP contribution in [0.3, 0.4) is 0 Å². The molecule has 1 aromatic carbocycles. The number of nitrogens with one attached hydrogen (secondary N) is 2. The second kappa shape index (κ2) is 11.1. The fraction of sp³-hybridized carbons (Fsp3) is 0.591. The van der Waals surface area contributed by atoms with Crippen molar-refractivity contribution in [3.8, 4) is 0 Å². The van der Waals surface area contributed by atoms with Gasteiger partial charge >= 0.3 is 6.09 Å². The molecule has 1 aliphatic heterocycles. The first-order valence-electron chi connectivity index (χ1n) is 10.6. The van der Waals surface area contributed by atoms with Crippen LogP contribution in [0, 0.1) is 23.5 Å². The van der Waals surface area contributed by atoms with Gasteiger partial charge in [0.1, 0.15) is 23.2 Å². The van der Waals surface area contributed by atoms with E-state index in [-0.39, 0.29) is 24.0 Å². The maximum absolute atomic E-state index is 13.9. The number of hydrogen-bond acceptors (Lipinski definition) is 4. The molecule has 1 aromatic rings. The van der Waals surface area contributed by atoms with Crippen molar-refractivity contribution in [1.29, 1.82) is 0 Å². The molecule has 0 spiro atoms. The van der Waals surface area contributed by atoms with E-state index < -0.39 is 35.1 Å². The van der Waals surface area contributed by atoms with Crippen LogP contribution in [0.5, 0.6) is 0 Å². The average Bonchev–Trinajstić information content (AvgIpc) is 2.71. The molecule has 7 nitrogen and oxygen atoms in total. The fourth-order valence-electron chi connectivity index (χ4n) is 3.69. The molecule has 0 unspecified atom stereocenters. The summed E-state index contributed by atoms with van der Waals surface area (Å²) in [5, 5.41) is 5.34. The van der Waals surface area contributed by atoms with Crippen molar-refractivity contribution in [2.45, 2.75) is 52.6 Å². The highest BCUT2D eigenvalue weighted by molar-refractivity contribution is 5.98. The standard InChI is InChI=1S/C22H31F2N3O4/c1-5-31-22(30)27-11-7-8-15(12-27)14(4)25-21(29)19(13(2)3)26-20(28)18-16(23)9-6-10-17(18)24/h6,9-10,13-15,19H,5,7-8,11-12H2,1-4H3,(H,25,29)(H,26,28)/t14-,15+,19+/m1/s1. The molecule has 1 fully saturated rings. The Morgan fingerprint density at radius 3 is 2.39 bits per heavy atom. The van der Waals surface area contributed by atoms with Crippen molar-refractivity contribution < 1.29 is 27.9 Å². The van der Waals surface area contributed by atoms with E-state index in [0.717, 1.165) is 25.0 Å². The van der Waals surface area contributed by atoms with Gasteiger partial charge < -0.3 is 20.3 Å². The van der Waals surface area contributed by atoms with Crippen LogP contribution in [0.2, 0.25) is 0 Å². The molecule has 1 heterocycles. The van der Waals surface area contributed by atoms with E-state index in [9.17, 15) is 23.2 Å². The van der Waals surface area contributed by atoms with Crippen LogP contribution >= 0.6 is 0 Å². The SMILES string of the molecule is CCOC(=O)N1CCC[C@H]([C@@H](C)NC(=O)[C@@H](NC(=O)c2c(F)cccc2F)C(C)C)C1. The summed E-state index contributed by atoms with van der Waals surface area (Å²) in [5.41, 5.74) is -0.716. The van der Waals surface area contributed by atoms with Crippen LogP contribution in [0.1, 0.15) is 50.9 Å². The first-order chi connectivity index (χ1) is 14.6. The van der Waals surface area contributed by atoms with Gasteiger partial charge in [-0.15, -0.1) is 0 Å². The molecule has 0 bridgehead atoms. The van der Waals surface area contributed by atoms with E-state index in [1.807, 2.05) is 6.92 Å². The molecule has 2 N–H and O–H groups in total. The van der Waals surface area contributed by atoms with Crippen molar-refractivity contribution in [2.24, 2.45) is 11.8 Å². The van der Waals surface area contributed by atoms with Crippen molar-refractivity contribution in [1.82, 2.24) is 15.5 Å². The van der Waals surface area contributed by atoms with Gasteiger partial charge in [0.2, 0.25) is 5.91 Å². The Morgan fingerprint density at radius 1 is 1.16 bits per heavy atom. The third kappa shape index (κ3) is 6.38. The first kappa shape index (κ1) is 24.6. The normalized spacial score (nSPS) is 18.3. The Morgan fingerprint density at radius 2 is 1.81 bits per heavy atom. The Balaban J connectivity index is 2.03. The zero-order chi connectivity index (χ0) is 23.1. The summed E-state index contributed by atoms with van der Waals surface area (Å²) in [4.78, 5) is 38.9. The third-order valence-corrected chi connectivity index (χ3v) is 5.49. The van der Waals surface area contributed by atoms with Crippen LogP contribution in [0.15, 0.2) is 18.2 Å². The topological polar surface area (TPSA) is 87.7 Å². The molecule has 31 heavy (non-hydrogen) atoms. The number of nitrogens with zero attached hydrogens (tertiary/aromatic N) is 1. The molecule has 0 radical (unpaired) electrons. The highest BCUT2D eigenvalue weighted by Crippen LogP contribution is 2.21. The lowest BCUT2D eigenvalue weighted by atomic mass is 9.91. The van der Waals surface area contributed by atoms with Crippen molar-refractivity contribution in [3.63, 3.8) is 0 Å². The smallest absolute Gasteiger partial charge is 0.409 e. The van der Waals surface area contributed by atoms with Crippen molar-refractivity contribution >= 4 is 17.9 Å². The number of hydrogen-bond donors (Lipinski definition) is 2. The van der Waals surface area contributed by atoms with Crippen LogP contribution in [0.4, 0.5) is 13.6 Å². The zero-order valence-electron chi connectivity index (χ0n) is 18.4. The minimum atomic E-state index is -0.991. The molecule has 0 saturated carbocycles. The highest BCUT2D eigenvalue weighted by atomic mass is 19.1.